The highest BCUT2D eigenvalue weighted by Gasteiger charge is 2.14. The number of rotatable bonds is 7. The fourth-order valence-corrected chi connectivity index (χ4v) is 2.51. The molecule has 0 bridgehead atoms. The van der Waals surface area contributed by atoms with Gasteiger partial charge in [0.15, 0.2) is 6.61 Å². The van der Waals surface area contributed by atoms with Crippen molar-refractivity contribution in [3.8, 4) is 0 Å². The molecule has 0 aromatic heterocycles. The zero-order valence-corrected chi connectivity index (χ0v) is 16.0. The molecule has 0 unspecified atom stereocenters. The third-order valence-electron chi connectivity index (χ3n) is 3.33. The fraction of sp³-hybridized carbons (Fsp3) is 0.211. The minimum atomic E-state index is -0.735. The molecule has 2 aromatic carbocycles. The van der Waals surface area contributed by atoms with E-state index >= 15 is 0 Å². The van der Waals surface area contributed by atoms with E-state index in [9.17, 15) is 14.4 Å². The lowest BCUT2D eigenvalue weighted by atomic mass is 10.2. The first-order valence-electron chi connectivity index (χ1n) is 8.10. The standard InChI is InChI=1S/C19H17Cl2NO5/c1-2-9-26-18(24)12-3-6-14(7-4-12)22-17(23)11-27-19(25)15-8-5-13(20)10-16(15)21/h3-8,10H,2,9,11H2,1H3,(H,22,23). The minimum Gasteiger partial charge on any atom is -0.462 e. The van der Waals surface area contributed by atoms with Crippen LogP contribution >= 0.6 is 23.2 Å². The minimum absolute atomic E-state index is 0.115. The van der Waals surface area contributed by atoms with Crippen molar-refractivity contribution in [2.75, 3.05) is 18.5 Å². The topological polar surface area (TPSA) is 81.7 Å². The Morgan fingerprint density at radius 3 is 2.30 bits per heavy atom. The van der Waals surface area contributed by atoms with Gasteiger partial charge in [0.05, 0.1) is 22.8 Å². The first-order chi connectivity index (χ1) is 12.9. The Kier molecular flexibility index (Phi) is 7.64. The number of hydrogen-bond donors (Lipinski definition) is 1. The Balaban J connectivity index is 1.86. The highest BCUT2D eigenvalue weighted by molar-refractivity contribution is 6.36. The van der Waals surface area contributed by atoms with E-state index in [2.05, 4.69) is 5.32 Å². The Morgan fingerprint density at radius 2 is 1.67 bits per heavy atom. The summed E-state index contributed by atoms with van der Waals surface area (Å²) in [5, 5.41) is 3.08. The molecule has 0 aliphatic carbocycles. The number of nitrogens with one attached hydrogen (secondary N) is 1. The van der Waals surface area contributed by atoms with Crippen molar-refractivity contribution < 1.29 is 23.9 Å². The van der Waals surface area contributed by atoms with Gasteiger partial charge in [-0.3, -0.25) is 4.79 Å². The van der Waals surface area contributed by atoms with Crippen LogP contribution < -0.4 is 5.32 Å². The van der Waals surface area contributed by atoms with Crippen LogP contribution in [0.25, 0.3) is 0 Å². The largest absolute Gasteiger partial charge is 0.462 e. The van der Waals surface area contributed by atoms with E-state index in [4.69, 9.17) is 32.7 Å². The number of esters is 2. The van der Waals surface area contributed by atoms with Crippen LogP contribution in [0.5, 0.6) is 0 Å². The predicted molar refractivity (Wildman–Crippen MR) is 102 cm³/mol. The third kappa shape index (κ3) is 6.27. The van der Waals surface area contributed by atoms with Gasteiger partial charge in [-0.05, 0) is 48.9 Å². The molecule has 6 nitrogen and oxygen atoms in total. The van der Waals surface area contributed by atoms with Gasteiger partial charge in [0.25, 0.3) is 5.91 Å². The molecule has 0 heterocycles. The molecule has 8 heteroatoms. The van der Waals surface area contributed by atoms with Crippen LogP contribution in [0.2, 0.25) is 10.0 Å². The molecule has 0 aliphatic heterocycles. The van der Waals surface area contributed by atoms with Crippen molar-refractivity contribution in [1.29, 1.82) is 0 Å². The average molecular weight is 410 g/mol. The maximum Gasteiger partial charge on any atom is 0.340 e. The molecule has 0 radical (unpaired) electrons. The summed E-state index contributed by atoms with van der Waals surface area (Å²) in [6.07, 6.45) is 0.736. The Bertz CT molecular complexity index is 836. The van der Waals surface area contributed by atoms with Crippen molar-refractivity contribution in [1.82, 2.24) is 0 Å². The molecule has 0 saturated carbocycles. The van der Waals surface area contributed by atoms with Gasteiger partial charge in [-0.25, -0.2) is 9.59 Å². The maximum absolute atomic E-state index is 12.0. The number of carbonyl (C=O) groups is 3. The SMILES string of the molecule is CCCOC(=O)c1ccc(NC(=O)COC(=O)c2ccc(Cl)cc2Cl)cc1. The number of halogens is 2. The number of hydrogen-bond acceptors (Lipinski definition) is 5. The fourth-order valence-electron chi connectivity index (χ4n) is 2.03. The lowest BCUT2D eigenvalue weighted by Crippen LogP contribution is -2.21. The Morgan fingerprint density at radius 1 is 0.963 bits per heavy atom. The predicted octanol–water partition coefficient (Wildman–Crippen LogP) is 4.36. The molecule has 27 heavy (non-hydrogen) atoms. The quantitative estimate of drug-likeness (QED) is 0.687. The van der Waals surface area contributed by atoms with E-state index in [1.165, 1.54) is 30.3 Å². The van der Waals surface area contributed by atoms with Crippen molar-refractivity contribution in [2.24, 2.45) is 0 Å². The molecule has 0 saturated heterocycles. The first-order valence-corrected chi connectivity index (χ1v) is 8.85. The highest BCUT2D eigenvalue weighted by atomic mass is 35.5. The molecular weight excluding hydrogens is 393 g/mol. The van der Waals surface area contributed by atoms with Crippen LogP contribution in [-0.4, -0.2) is 31.1 Å². The maximum atomic E-state index is 12.0. The molecule has 0 spiro atoms. The first kappa shape index (κ1) is 20.7. The van der Waals surface area contributed by atoms with E-state index in [0.29, 0.717) is 22.9 Å². The Hall–Kier alpha value is -2.57. The molecule has 0 fully saturated rings. The summed E-state index contributed by atoms with van der Waals surface area (Å²) in [4.78, 5) is 35.6. The zero-order valence-electron chi connectivity index (χ0n) is 14.5. The summed E-state index contributed by atoms with van der Waals surface area (Å²) in [5.74, 6) is -1.70. The van der Waals surface area contributed by atoms with Crippen molar-refractivity contribution in [2.45, 2.75) is 13.3 Å². The van der Waals surface area contributed by atoms with Crippen LogP contribution in [0.4, 0.5) is 5.69 Å². The van der Waals surface area contributed by atoms with Gasteiger partial charge < -0.3 is 14.8 Å². The molecular formula is C19H17Cl2NO5. The van der Waals surface area contributed by atoms with Crippen LogP contribution in [-0.2, 0) is 14.3 Å². The van der Waals surface area contributed by atoms with E-state index in [0.717, 1.165) is 6.42 Å². The van der Waals surface area contributed by atoms with Gasteiger partial charge in [-0.15, -0.1) is 0 Å². The Labute approximate surface area is 166 Å². The molecule has 1 N–H and O–H groups in total. The smallest absolute Gasteiger partial charge is 0.340 e. The van der Waals surface area contributed by atoms with E-state index in [1.807, 2.05) is 6.92 Å². The molecule has 2 aromatic rings. The van der Waals surface area contributed by atoms with Gasteiger partial charge in [0.1, 0.15) is 0 Å². The number of anilines is 1. The molecule has 2 rings (SSSR count). The van der Waals surface area contributed by atoms with Gasteiger partial charge >= 0.3 is 11.9 Å². The normalized spacial score (nSPS) is 10.2. The summed E-state index contributed by atoms with van der Waals surface area (Å²) < 4.78 is 9.96. The number of amides is 1. The number of carbonyl (C=O) groups excluding carboxylic acids is 3. The lowest BCUT2D eigenvalue weighted by molar-refractivity contribution is -0.119. The van der Waals surface area contributed by atoms with Crippen LogP contribution in [0, 0.1) is 0 Å². The summed E-state index contributed by atoms with van der Waals surface area (Å²) in [6, 6.07) is 10.5. The van der Waals surface area contributed by atoms with Crippen LogP contribution in [0.15, 0.2) is 42.5 Å². The number of benzene rings is 2. The van der Waals surface area contributed by atoms with Crippen molar-refractivity contribution in [3.63, 3.8) is 0 Å². The van der Waals surface area contributed by atoms with Gasteiger partial charge in [-0.1, -0.05) is 30.1 Å². The highest BCUT2D eigenvalue weighted by Crippen LogP contribution is 2.21. The molecule has 0 aliphatic rings. The van der Waals surface area contributed by atoms with E-state index in [-0.39, 0.29) is 10.6 Å². The van der Waals surface area contributed by atoms with Gasteiger partial charge in [-0.2, -0.15) is 0 Å². The van der Waals surface area contributed by atoms with Gasteiger partial charge in [0, 0.05) is 10.7 Å². The second-order valence-electron chi connectivity index (χ2n) is 5.46. The third-order valence-corrected chi connectivity index (χ3v) is 3.87. The number of ether oxygens (including phenoxy) is 2. The van der Waals surface area contributed by atoms with E-state index < -0.39 is 24.5 Å². The van der Waals surface area contributed by atoms with Crippen molar-refractivity contribution >= 4 is 46.7 Å². The van der Waals surface area contributed by atoms with E-state index in [1.54, 1.807) is 12.1 Å². The second-order valence-corrected chi connectivity index (χ2v) is 6.31. The summed E-state index contributed by atoms with van der Waals surface area (Å²) >= 11 is 11.7. The molecule has 1 amide bonds. The molecule has 142 valence electrons. The monoisotopic (exact) mass is 409 g/mol. The summed E-state index contributed by atoms with van der Waals surface area (Å²) in [5.41, 5.74) is 0.946. The van der Waals surface area contributed by atoms with Crippen LogP contribution in [0.3, 0.4) is 0 Å². The van der Waals surface area contributed by atoms with Gasteiger partial charge in [0.2, 0.25) is 0 Å². The molecule has 0 atom stereocenters. The summed E-state index contributed by atoms with van der Waals surface area (Å²) in [6.45, 7) is 1.76. The van der Waals surface area contributed by atoms with Crippen molar-refractivity contribution in [3.05, 3.63) is 63.6 Å². The lowest BCUT2D eigenvalue weighted by Gasteiger charge is -2.08. The zero-order chi connectivity index (χ0) is 19.8. The summed E-state index contributed by atoms with van der Waals surface area (Å²) in [7, 11) is 0. The van der Waals surface area contributed by atoms with Crippen LogP contribution in [0.1, 0.15) is 34.1 Å². The second kappa shape index (κ2) is 9.94. The average Bonchev–Trinajstić information content (AvgIpc) is 2.64.